The Morgan fingerprint density at radius 1 is 0.870 bits per heavy atom. The van der Waals surface area contributed by atoms with Gasteiger partial charge in [0.2, 0.25) is 0 Å². The van der Waals surface area contributed by atoms with Crippen molar-refractivity contribution in [2.75, 3.05) is 31.1 Å². The zero-order chi connectivity index (χ0) is 16.4. The molecule has 0 atom stereocenters. The molecule has 0 spiro atoms. The summed E-state index contributed by atoms with van der Waals surface area (Å²) in [5.41, 5.74) is 1.62. The van der Waals surface area contributed by atoms with Gasteiger partial charge in [-0.15, -0.1) is 0 Å². The van der Waals surface area contributed by atoms with E-state index in [0.717, 1.165) is 43.8 Å². The first kappa shape index (κ1) is 16.8. The Bertz CT molecular complexity index is 489. The van der Waals surface area contributed by atoms with Crippen molar-refractivity contribution in [3.05, 3.63) is 30.1 Å². The molecule has 1 aliphatic heterocycles. The molecule has 1 aromatic rings. The van der Waals surface area contributed by atoms with Gasteiger partial charge >= 0.3 is 0 Å². The van der Waals surface area contributed by atoms with Crippen LogP contribution in [0.1, 0.15) is 46.5 Å². The van der Waals surface area contributed by atoms with Gasteiger partial charge in [-0.05, 0) is 61.3 Å². The lowest BCUT2D eigenvalue weighted by Crippen LogP contribution is -2.51. The molecule has 1 aliphatic carbocycles. The molecule has 0 N–H and O–H groups in total. The molecule has 128 valence electrons. The Hall–Kier alpha value is -1.09. The van der Waals surface area contributed by atoms with Gasteiger partial charge in [0.25, 0.3) is 0 Å². The molecule has 2 nitrogen and oxygen atoms in total. The standard InChI is InChI=1S/C20H31FN2/c1-20(2,3)16-4-8-18(9-5-16)22-12-14-23(15-13-22)19-10-6-17(21)7-11-19/h6-7,10-11,16,18H,4-5,8-9,12-15H2,1-3H3/t16-,18-. The highest BCUT2D eigenvalue weighted by molar-refractivity contribution is 5.46. The maximum Gasteiger partial charge on any atom is 0.123 e. The van der Waals surface area contributed by atoms with Crippen molar-refractivity contribution in [1.82, 2.24) is 4.90 Å². The average molecular weight is 318 g/mol. The minimum atomic E-state index is -0.150. The smallest absolute Gasteiger partial charge is 0.123 e. The molecule has 23 heavy (non-hydrogen) atoms. The lowest BCUT2D eigenvalue weighted by Gasteiger charge is -2.44. The molecule has 0 radical (unpaired) electrons. The first-order valence-electron chi connectivity index (χ1n) is 9.18. The van der Waals surface area contributed by atoms with Crippen molar-refractivity contribution in [2.45, 2.75) is 52.5 Å². The molecule has 0 unspecified atom stereocenters. The highest BCUT2D eigenvalue weighted by atomic mass is 19.1. The normalized spacial score (nSPS) is 27.2. The first-order chi connectivity index (χ1) is 10.9. The van der Waals surface area contributed by atoms with Crippen molar-refractivity contribution < 1.29 is 4.39 Å². The Balaban J connectivity index is 1.49. The summed E-state index contributed by atoms with van der Waals surface area (Å²) in [6, 6.07) is 7.72. The van der Waals surface area contributed by atoms with Crippen LogP contribution in [0.4, 0.5) is 10.1 Å². The summed E-state index contributed by atoms with van der Waals surface area (Å²) in [5.74, 6) is 0.738. The van der Waals surface area contributed by atoms with Crippen LogP contribution in [0.3, 0.4) is 0 Å². The van der Waals surface area contributed by atoms with Crippen LogP contribution >= 0.6 is 0 Å². The Labute approximate surface area is 140 Å². The highest BCUT2D eigenvalue weighted by Gasteiger charge is 2.32. The molecule has 1 saturated carbocycles. The topological polar surface area (TPSA) is 6.48 Å². The van der Waals surface area contributed by atoms with E-state index in [1.165, 1.54) is 25.7 Å². The van der Waals surface area contributed by atoms with E-state index in [-0.39, 0.29) is 5.82 Å². The molecule has 0 amide bonds. The van der Waals surface area contributed by atoms with Crippen molar-refractivity contribution in [1.29, 1.82) is 0 Å². The number of piperazine rings is 1. The Kier molecular flexibility index (Phi) is 4.96. The van der Waals surface area contributed by atoms with Gasteiger partial charge in [-0.2, -0.15) is 0 Å². The second-order valence-electron chi connectivity index (χ2n) is 8.37. The monoisotopic (exact) mass is 318 g/mol. The van der Waals surface area contributed by atoms with Gasteiger partial charge < -0.3 is 4.90 Å². The van der Waals surface area contributed by atoms with E-state index in [0.29, 0.717) is 5.41 Å². The molecular weight excluding hydrogens is 287 g/mol. The van der Waals surface area contributed by atoms with E-state index in [1.807, 2.05) is 12.1 Å². The molecule has 1 aromatic carbocycles. The average Bonchev–Trinajstić information content (AvgIpc) is 2.55. The van der Waals surface area contributed by atoms with E-state index in [9.17, 15) is 4.39 Å². The van der Waals surface area contributed by atoms with Gasteiger partial charge in [0.15, 0.2) is 0 Å². The lowest BCUT2D eigenvalue weighted by molar-refractivity contribution is 0.0917. The summed E-state index contributed by atoms with van der Waals surface area (Å²) < 4.78 is 13.0. The molecule has 2 fully saturated rings. The van der Waals surface area contributed by atoms with Crippen LogP contribution in [0.5, 0.6) is 0 Å². The molecular formula is C20H31FN2. The fourth-order valence-corrected chi connectivity index (χ4v) is 4.30. The highest BCUT2D eigenvalue weighted by Crippen LogP contribution is 2.39. The van der Waals surface area contributed by atoms with Crippen LogP contribution in [-0.2, 0) is 0 Å². The Morgan fingerprint density at radius 3 is 1.96 bits per heavy atom. The minimum absolute atomic E-state index is 0.150. The first-order valence-corrected chi connectivity index (χ1v) is 9.18. The Morgan fingerprint density at radius 2 is 1.43 bits per heavy atom. The second-order valence-corrected chi connectivity index (χ2v) is 8.37. The molecule has 1 saturated heterocycles. The van der Waals surface area contributed by atoms with Crippen molar-refractivity contribution in [2.24, 2.45) is 11.3 Å². The van der Waals surface area contributed by atoms with E-state index >= 15 is 0 Å². The van der Waals surface area contributed by atoms with Gasteiger partial charge in [0.1, 0.15) is 5.82 Å². The number of rotatable bonds is 2. The summed E-state index contributed by atoms with van der Waals surface area (Å²) in [4.78, 5) is 5.08. The quantitative estimate of drug-likeness (QED) is 0.789. The summed E-state index contributed by atoms with van der Waals surface area (Å²) in [6.45, 7) is 11.6. The number of halogens is 1. The van der Waals surface area contributed by atoms with E-state index < -0.39 is 0 Å². The van der Waals surface area contributed by atoms with Crippen LogP contribution < -0.4 is 4.90 Å². The number of nitrogens with zero attached hydrogens (tertiary/aromatic N) is 2. The van der Waals surface area contributed by atoms with Gasteiger partial charge in [0, 0.05) is 37.9 Å². The van der Waals surface area contributed by atoms with Gasteiger partial charge in [-0.1, -0.05) is 20.8 Å². The summed E-state index contributed by atoms with van der Waals surface area (Å²) in [5, 5.41) is 0. The fourth-order valence-electron chi connectivity index (χ4n) is 4.30. The minimum Gasteiger partial charge on any atom is -0.369 e. The van der Waals surface area contributed by atoms with Crippen LogP contribution in [0.2, 0.25) is 0 Å². The molecule has 3 heteroatoms. The predicted molar refractivity (Wildman–Crippen MR) is 95.4 cm³/mol. The summed E-state index contributed by atoms with van der Waals surface area (Å²) in [7, 11) is 0. The number of benzene rings is 1. The SMILES string of the molecule is CC(C)(C)[C@H]1CC[C@H](N2CCN(c3ccc(F)cc3)CC2)CC1. The van der Waals surface area contributed by atoms with E-state index in [4.69, 9.17) is 0 Å². The zero-order valence-electron chi connectivity index (χ0n) is 14.9. The fraction of sp³-hybridized carbons (Fsp3) is 0.700. The summed E-state index contributed by atoms with van der Waals surface area (Å²) >= 11 is 0. The van der Waals surface area contributed by atoms with Crippen molar-refractivity contribution in [3.63, 3.8) is 0 Å². The largest absolute Gasteiger partial charge is 0.369 e. The van der Waals surface area contributed by atoms with Crippen molar-refractivity contribution >= 4 is 5.69 Å². The van der Waals surface area contributed by atoms with Crippen molar-refractivity contribution in [3.8, 4) is 0 Å². The third kappa shape index (κ3) is 4.06. The summed E-state index contributed by atoms with van der Waals surface area (Å²) in [6.07, 6.45) is 5.48. The zero-order valence-corrected chi connectivity index (χ0v) is 14.9. The maximum absolute atomic E-state index is 13.0. The van der Waals surface area contributed by atoms with Crippen LogP contribution in [0.15, 0.2) is 24.3 Å². The third-order valence-corrected chi connectivity index (χ3v) is 5.94. The second kappa shape index (κ2) is 6.80. The van der Waals surface area contributed by atoms with Crippen LogP contribution in [0.25, 0.3) is 0 Å². The molecule has 1 heterocycles. The maximum atomic E-state index is 13.0. The third-order valence-electron chi connectivity index (χ3n) is 5.94. The molecule has 0 bridgehead atoms. The van der Waals surface area contributed by atoms with Crippen LogP contribution in [-0.4, -0.2) is 37.1 Å². The lowest BCUT2D eigenvalue weighted by atomic mass is 9.71. The predicted octanol–water partition coefficient (Wildman–Crippen LogP) is 4.55. The van der Waals surface area contributed by atoms with Gasteiger partial charge in [-0.3, -0.25) is 4.90 Å². The number of hydrogen-bond donors (Lipinski definition) is 0. The molecule has 2 aliphatic rings. The van der Waals surface area contributed by atoms with E-state index in [2.05, 4.69) is 30.6 Å². The van der Waals surface area contributed by atoms with Gasteiger partial charge in [0.05, 0.1) is 0 Å². The molecule has 0 aromatic heterocycles. The van der Waals surface area contributed by atoms with E-state index in [1.54, 1.807) is 12.1 Å². The number of hydrogen-bond acceptors (Lipinski definition) is 2. The number of anilines is 1. The van der Waals surface area contributed by atoms with Crippen LogP contribution in [0, 0.1) is 17.2 Å². The van der Waals surface area contributed by atoms with Gasteiger partial charge in [-0.25, -0.2) is 4.39 Å². The molecule has 3 rings (SSSR count).